The number of carbonyl (C=O) groups excluding carboxylic acids is 1. The second-order valence-electron chi connectivity index (χ2n) is 6.42. The molecule has 6 nitrogen and oxygen atoms in total. The number of carbonyl (C=O) groups is 1. The number of sulfone groups is 1. The van der Waals surface area contributed by atoms with Crippen molar-refractivity contribution >= 4 is 21.3 Å². The summed E-state index contributed by atoms with van der Waals surface area (Å²) in [6.07, 6.45) is 4.68. The molecule has 1 atom stereocenters. The van der Waals surface area contributed by atoms with Crippen LogP contribution in [0.4, 0.5) is 0 Å². The highest BCUT2D eigenvalue weighted by Gasteiger charge is 2.34. The molecule has 124 valence electrons. The largest absolute Gasteiger partial charge is 0.334 e. The zero-order chi connectivity index (χ0) is 16.8. The van der Waals surface area contributed by atoms with Crippen molar-refractivity contribution in [2.45, 2.75) is 37.9 Å². The molecule has 2 aromatic rings. The van der Waals surface area contributed by atoms with E-state index in [1.54, 1.807) is 24.4 Å². The summed E-state index contributed by atoms with van der Waals surface area (Å²) in [6.45, 7) is 4.90. The van der Waals surface area contributed by atoms with Gasteiger partial charge in [0.1, 0.15) is 0 Å². The Labute approximate surface area is 136 Å². The Morgan fingerprint density at radius 3 is 2.74 bits per heavy atom. The van der Waals surface area contributed by atoms with Crippen LogP contribution in [-0.4, -0.2) is 47.5 Å². The van der Waals surface area contributed by atoms with E-state index in [-0.39, 0.29) is 22.8 Å². The summed E-state index contributed by atoms with van der Waals surface area (Å²) < 4.78 is 25.4. The van der Waals surface area contributed by atoms with E-state index in [0.717, 1.165) is 19.1 Å². The molecule has 1 amide bonds. The van der Waals surface area contributed by atoms with Gasteiger partial charge in [-0.2, -0.15) is 0 Å². The molecule has 2 aromatic heterocycles. The predicted molar refractivity (Wildman–Crippen MR) is 87.2 cm³/mol. The minimum absolute atomic E-state index is 0.0863. The Bertz CT molecular complexity index is 855. The minimum atomic E-state index is -3.51. The summed E-state index contributed by atoms with van der Waals surface area (Å²) in [7, 11) is -3.51. The average molecular weight is 335 g/mol. The molecule has 3 rings (SSSR count). The van der Waals surface area contributed by atoms with Crippen LogP contribution < -0.4 is 0 Å². The van der Waals surface area contributed by atoms with Crippen LogP contribution in [0.1, 0.15) is 37.2 Å². The first-order valence-corrected chi connectivity index (χ1v) is 9.68. The molecule has 7 heteroatoms. The number of amides is 1. The topological polar surface area (TPSA) is 71.8 Å². The first kappa shape index (κ1) is 16.0. The molecule has 3 heterocycles. The second-order valence-corrected chi connectivity index (χ2v) is 8.33. The zero-order valence-corrected chi connectivity index (χ0v) is 14.4. The number of fused-ring (bicyclic) bond motifs is 1. The van der Waals surface area contributed by atoms with Gasteiger partial charge in [0.25, 0.3) is 5.91 Å². The monoisotopic (exact) mass is 335 g/mol. The molecule has 0 aromatic carbocycles. The van der Waals surface area contributed by atoms with Crippen molar-refractivity contribution in [2.75, 3.05) is 12.8 Å². The predicted octanol–water partition coefficient (Wildman–Crippen LogP) is 2.00. The molecule has 0 spiro atoms. The van der Waals surface area contributed by atoms with E-state index in [1.807, 2.05) is 4.90 Å². The fourth-order valence-electron chi connectivity index (χ4n) is 3.30. The lowest BCUT2D eigenvalue weighted by Gasteiger charge is -2.27. The van der Waals surface area contributed by atoms with E-state index < -0.39 is 9.84 Å². The maximum Gasteiger partial charge on any atom is 0.275 e. The molecule has 0 aliphatic carbocycles. The van der Waals surface area contributed by atoms with Gasteiger partial charge in [-0.3, -0.25) is 9.20 Å². The maximum atomic E-state index is 13.0. The first-order chi connectivity index (χ1) is 10.8. The summed E-state index contributed by atoms with van der Waals surface area (Å²) in [5, 5.41) is -0.0863. The number of aromatic nitrogens is 2. The summed E-state index contributed by atoms with van der Waals surface area (Å²) in [5.74, 6) is 0.185. The van der Waals surface area contributed by atoms with E-state index >= 15 is 0 Å². The van der Waals surface area contributed by atoms with Crippen LogP contribution in [-0.2, 0) is 9.84 Å². The molecular formula is C16H21N3O3S. The van der Waals surface area contributed by atoms with E-state index in [2.05, 4.69) is 18.8 Å². The standard InChI is InChI=1S/C16H21N3O3S/c1-11(2)12-8-6-10-18(12)15(20)14-13-7-4-5-9-19(13)16(17-14)23(3,21)22/h4-5,7,9,11-12H,6,8,10H2,1-3H3/t12-/m0/s1. The molecule has 0 saturated carbocycles. The van der Waals surface area contributed by atoms with Crippen molar-refractivity contribution in [1.82, 2.24) is 14.3 Å². The number of hydrogen-bond donors (Lipinski definition) is 0. The number of likely N-dealkylation sites (tertiary alicyclic amines) is 1. The fourth-order valence-corrected chi connectivity index (χ4v) is 4.08. The Morgan fingerprint density at radius 1 is 1.35 bits per heavy atom. The number of hydrogen-bond acceptors (Lipinski definition) is 4. The van der Waals surface area contributed by atoms with Gasteiger partial charge in [-0.25, -0.2) is 13.4 Å². The lowest BCUT2D eigenvalue weighted by atomic mass is 10.0. The van der Waals surface area contributed by atoms with Crippen LogP contribution in [0.5, 0.6) is 0 Å². The summed E-state index contributed by atoms with van der Waals surface area (Å²) >= 11 is 0. The third-order valence-corrected chi connectivity index (χ3v) is 5.33. The fraction of sp³-hybridized carbons (Fsp3) is 0.500. The van der Waals surface area contributed by atoms with Gasteiger partial charge in [0.15, 0.2) is 5.69 Å². The molecule has 0 bridgehead atoms. The molecule has 0 N–H and O–H groups in total. The third kappa shape index (κ3) is 2.73. The van der Waals surface area contributed by atoms with Gasteiger partial charge in [-0.05, 0) is 30.9 Å². The third-order valence-electron chi connectivity index (χ3n) is 4.38. The van der Waals surface area contributed by atoms with Crippen LogP contribution in [0.3, 0.4) is 0 Å². The van der Waals surface area contributed by atoms with E-state index in [1.165, 1.54) is 4.40 Å². The number of rotatable bonds is 3. The zero-order valence-electron chi connectivity index (χ0n) is 13.6. The second kappa shape index (κ2) is 5.63. The van der Waals surface area contributed by atoms with Gasteiger partial charge in [0.2, 0.25) is 15.0 Å². The highest BCUT2D eigenvalue weighted by Crippen LogP contribution is 2.27. The van der Waals surface area contributed by atoms with E-state index in [0.29, 0.717) is 18.0 Å². The lowest BCUT2D eigenvalue weighted by Crippen LogP contribution is -2.38. The van der Waals surface area contributed by atoms with E-state index in [4.69, 9.17) is 0 Å². The number of nitrogens with zero attached hydrogens (tertiary/aromatic N) is 3. The molecule has 0 radical (unpaired) electrons. The average Bonchev–Trinajstić information content (AvgIpc) is 3.11. The molecule has 1 aliphatic rings. The van der Waals surface area contributed by atoms with Crippen LogP contribution >= 0.6 is 0 Å². The maximum absolute atomic E-state index is 13.0. The highest BCUT2D eigenvalue weighted by molar-refractivity contribution is 7.90. The van der Waals surface area contributed by atoms with E-state index in [9.17, 15) is 13.2 Å². The van der Waals surface area contributed by atoms with Crippen molar-refractivity contribution < 1.29 is 13.2 Å². The quantitative estimate of drug-likeness (QED) is 0.860. The molecular weight excluding hydrogens is 314 g/mol. The van der Waals surface area contributed by atoms with Crippen molar-refractivity contribution in [3.8, 4) is 0 Å². The Kier molecular flexibility index (Phi) is 3.91. The van der Waals surface area contributed by atoms with Crippen LogP contribution in [0.25, 0.3) is 5.52 Å². The summed E-state index contributed by atoms with van der Waals surface area (Å²) in [5.41, 5.74) is 0.755. The van der Waals surface area contributed by atoms with Crippen LogP contribution in [0, 0.1) is 5.92 Å². The molecule has 1 saturated heterocycles. The van der Waals surface area contributed by atoms with Crippen molar-refractivity contribution in [3.63, 3.8) is 0 Å². The molecule has 23 heavy (non-hydrogen) atoms. The number of pyridine rings is 1. The smallest absolute Gasteiger partial charge is 0.275 e. The Balaban J connectivity index is 2.12. The van der Waals surface area contributed by atoms with Crippen LogP contribution in [0.15, 0.2) is 29.6 Å². The van der Waals surface area contributed by atoms with Crippen molar-refractivity contribution in [2.24, 2.45) is 5.92 Å². The first-order valence-electron chi connectivity index (χ1n) is 7.79. The van der Waals surface area contributed by atoms with Crippen molar-refractivity contribution in [1.29, 1.82) is 0 Å². The summed E-state index contributed by atoms with van der Waals surface area (Å²) in [6, 6.07) is 5.42. The van der Waals surface area contributed by atoms with Gasteiger partial charge in [0.05, 0.1) is 5.52 Å². The molecule has 0 unspecified atom stereocenters. The Morgan fingerprint density at radius 2 is 2.09 bits per heavy atom. The normalized spacial score (nSPS) is 19.0. The SMILES string of the molecule is CC(C)[C@@H]1CCCN1C(=O)c1nc(S(C)(=O)=O)n2ccccc12. The van der Waals surface area contributed by atoms with Gasteiger partial charge in [-0.1, -0.05) is 19.9 Å². The van der Waals surface area contributed by atoms with Crippen LogP contribution in [0.2, 0.25) is 0 Å². The van der Waals surface area contributed by atoms with Gasteiger partial charge in [0, 0.05) is 25.0 Å². The number of imidazole rings is 1. The lowest BCUT2D eigenvalue weighted by molar-refractivity contribution is 0.0698. The minimum Gasteiger partial charge on any atom is -0.334 e. The Hall–Kier alpha value is -1.89. The molecule has 1 fully saturated rings. The highest BCUT2D eigenvalue weighted by atomic mass is 32.2. The van der Waals surface area contributed by atoms with Crippen molar-refractivity contribution in [3.05, 3.63) is 30.1 Å². The van der Waals surface area contributed by atoms with Gasteiger partial charge in [-0.15, -0.1) is 0 Å². The molecule has 1 aliphatic heterocycles. The van der Waals surface area contributed by atoms with Gasteiger partial charge < -0.3 is 4.90 Å². The summed E-state index contributed by atoms with van der Waals surface area (Å²) in [4.78, 5) is 19.0. The van der Waals surface area contributed by atoms with Gasteiger partial charge >= 0.3 is 0 Å².